The van der Waals surface area contributed by atoms with E-state index in [-0.39, 0.29) is 59.5 Å². The minimum absolute atomic E-state index is 0. The Balaban J connectivity index is -0.000000405. The first-order valence-corrected chi connectivity index (χ1v) is 2.74. The van der Waals surface area contributed by atoms with Crippen LogP contribution in [0.5, 0.6) is 0 Å². The molecule has 0 aromatic rings. The number of carbonyl (C=O) groups is 2. The molecule has 0 saturated heterocycles. The van der Waals surface area contributed by atoms with Crippen molar-refractivity contribution < 1.29 is 19.8 Å². The van der Waals surface area contributed by atoms with Crippen molar-refractivity contribution in [1.29, 1.82) is 0 Å². The van der Waals surface area contributed by atoms with Crippen LogP contribution in [0, 0.1) is 0 Å². The predicted molar refractivity (Wildman–Crippen MR) is 48.2 cm³/mol. The third-order valence-corrected chi connectivity index (χ3v) is 0.986. The van der Waals surface area contributed by atoms with E-state index in [0.29, 0.717) is 0 Å². The first-order valence-electron chi connectivity index (χ1n) is 2.74. The fourth-order valence-corrected chi connectivity index (χ4v) is 0.402. The molecule has 12 heavy (non-hydrogen) atoms. The molecule has 0 rings (SSSR count). The maximum atomic E-state index is 9.99. The van der Waals surface area contributed by atoms with Crippen molar-refractivity contribution in [2.24, 2.45) is 5.73 Å². The molecule has 4 N–H and O–H groups in total. The van der Waals surface area contributed by atoms with Gasteiger partial charge in [0, 0.05) is 6.42 Å². The van der Waals surface area contributed by atoms with Crippen molar-refractivity contribution in [3.05, 3.63) is 0 Å². The second-order valence-electron chi connectivity index (χ2n) is 1.88. The quantitative estimate of drug-likeness (QED) is 0.488. The molecule has 1 unspecified atom stereocenters. The van der Waals surface area contributed by atoms with Gasteiger partial charge in [0.05, 0.1) is 0 Å². The van der Waals surface area contributed by atoms with Gasteiger partial charge in [-0.25, -0.2) is 0 Å². The number of carboxylic acid groups (broad SMARTS) is 2. The molecule has 68 valence electrons. The topological polar surface area (TPSA) is 101 Å². The SMILES string of the molecule is NC(CCC(=O)O)C(=O)O.[NaH].[SeH2]. The number of aliphatic carboxylic acids is 2. The van der Waals surface area contributed by atoms with Gasteiger partial charge < -0.3 is 15.9 Å². The summed E-state index contributed by atoms with van der Waals surface area (Å²) >= 11 is 0. The third-order valence-electron chi connectivity index (χ3n) is 0.986. The Morgan fingerprint density at radius 1 is 1.33 bits per heavy atom. The number of hydrogen-bond donors (Lipinski definition) is 3. The molecule has 0 aliphatic rings. The zero-order chi connectivity index (χ0) is 8.15. The molecule has 0 radical (unpaired) electrons. The molecule has 0 spiro atoms. The van der Waals surface area contributed by atoms with Gasteiger partial charge in [-0.3, -0.25) is 9.59 Å². The average Bonchev–Trinajstić information content (AvgIpc) is 1.82. The van der Waals surface area contributed by atoms with Crippen LogP contribution in [-0.2, 0) is 9.59 Å². The molecule has 0 aromatic heterocycles. The number of hydrogen-bond acceptors (Lipinski definition) is 3. The van der Waals surface area contributed by atoms with Gasteiger partial charge in [0.1, 0.15) is 6.04 Å². The van der Waals surface area contributed by atoms with E-state index in [1.165, 1.54) is 0 Å². The van der Waals surface area contributed by atoms with Crippen molar-refractivity contribution in [3.8, 4) is 0 Å². The summed E-state index contributed by atoms with van der Waals surface area (Å²) in [6.45, 7) is 0. The van der Waals surface area contributed by atoms with Crippen LogP contribution in [0.25, 0.3) is 0 Å². The van der Waals surface area contributed by atoms with Crippen molar-refractivity contribution in [1.82, 2.24) is 0 Å². The van der Waals surface area contributed by atoms with Gasteiger partial charge in [0.2, 0.25) is 0 Å². The molecular formula is C5H12NNaO4Se. The summed E-state index contributed by atoms with van der Waals surface area (Å²) in [5.74, 6) is -2.20. The Kier molecular flexibility index (Phi) is 14.5. The molecular weight excluding hydrogens is 240 g/mol. The molecule has 0 aliphatic heterocycles. The van der Waals surface area contributed by atoms with Gasteiger partial charge >= 0.3 is 58.6 Å². The van der Waals surface area contributed by atoms with E-state index >= 15 is 0 Å². The molecule has 0 saturated carbocycles. The summed E-state index contributed by atoms with van der Waals surface area (Å²) in [5.41, 5.74) is 5.00. The van der Waals surface area contributed by atoms with E-state index in [1.54, 1.807) is 0 Å². The Hall–Kier alpha value is 0.419. The third kappa shape index (κ3) is 10.4. The van der Waals surface area contributed by atoms with E-state index in [1.807, 2.05) is 0 Å². The maximum absolute atomic E-state index is 9.99. The molecule has 0 aromatic carbocycles. The Bertz CT molecular complexity index is 154. The molecule has 7 heteroatoms. The zero-order valence-electron chi connectivity index (χ0n) is 5.78. The van der Waals surface area contributed by atoms with Crippen LogP contribution >= 0.6 is 0 Å². The summed E-state index contributed by atoms with van der Waals surface area (Å²) in [4.78, 5) is 19.9. The van der Waals surface area contributed by atoms with Crippen LogP contribution in [0.2, 0.25) is 0 Å². The van der Waals surface area contributed by atoms with Crippen molar-refractivity contribution in [2.45, 2.75) is 18.9 Å². The Morgan fingerprint density at radius 2 is 1.75 bits per heavy atom. The molecule has 1 atom stereocenters. The molecule has 0 fully saturated rings. The van der Waals surface area contributed by atoms with E-state index < -0.39 is 18.0 Å². The van der Waals surface area contributed by atoms with Gasteiger partial charge in [0.15, 0.2) is 0 Å². The van der Waals surface area contributed by atoms with Gasteiger partial charge in [-0.1, -0.05) is 0 Å². The Morgan fingerprint density at radius 3 is 2.00 bits per heavy atom. The average molecular weight is 252 g/mol. The number of carboxylic acids is 2. The summed E-state index contributed by atoms with van der Waals surface area (Å²) < 4.78 is 0. The summed E-state index contributed by atoms with van der Waals surface area (Å²) in [7, 11) is 0. The number of rotatable bonds is 4. The van der Waals surface area contributed by atoms with E-state index in [2.05, 4.69) is 0 Å². The van der Waals surface area contributed by atoms with Crippen LogP contribution < -0.4 is 5.73 Å². The van der Waals surface area contributed by atoms with Crippen molar-refractivity contribution in [2.75, 3.05) is 0 Å². The summed E-state index contributed by atoms with van der Waals surface area (Å²) in [5, 5.41) is 16.3. The fraction of sp³-hybridized carbons (Fsp3) is 0.600. The Labute approximate surface area is 102 Å². The van der Waals surface area contributed by atoms with Crippen LogP contribution in [0.4, 0.5) is 0 Å². The van der Waals surface area contributed by atoms with E-state index in [9.17, 15) is 9.59 Å². The van der Waals surface area contributed by atoms with Crippen LogP contribution in [-0.4, -0.2) is 74.8 Å². The van der Waals surface area contributed by atoms with E-state index in [4.69, 9.17) is 15.9 Å². The molecule has 5 nitrogen and oxygen atoms in total. The zero-order valence-corrected chi connectivity index (χ0v) is 7.88. The monoisotopic (exact) mass is 253 g/mol. The first kappa shape index (κ1) is 18.3. The van der Waals surface area contributed by atoms with Crippen LogP contribution in [0.3, 0.4) is 0 Å². The molecule has 0 aliphatic carbocycles. The van der Waals surface area contributed by atoms with Crippen LogP contribution in [0.1, 0.15) is 12.8 Å². The van der Waals surface area contributed by atoms with Crippen LogP contribution in [0.15, 0.2) is 0 Å². The molecule has 0 bridgehead atoms. The molecule has 0 heterocycles. The predicted octanol–water partition coefficient (Wildman–Crippen LogP) is -2.30. The summed E-state index contributed by atoms with van der Waals surface area (Å²) in [6, 6.07) is -1.06. The number of nitrogens with two attached hydrogens (primary N) is 1. The van der Waals surface area contributed by atoms with Gasteiger partial charge in [-0.15, -0.1) is 0 Å². The normalized spacial score (nSPS) is 10.4. The van der Waals surface area contributed by atoms with Crippen molar-refractivity contribution in [3.63, 3.8) is 0 Å². The summed E-state index contributed by atoms with van der Waals surface area (Å²) in [6.07, 6.45) is -0.224. The van der Waals surface area contributed by atoms with Gasteiger partial charge in [-0.05, 0) is 6.42 Å². The first-order chi connectivity index (χ1) is 4.54. The molecule has 0 amide bonds. The minimum atomic E-state index is -1.17. The second-order valence-corrected chi connectivity index (χ2v) is 1.88. The fourth-order valence-electron chi connectivity index (χ4n) is 0.402. The second kappa shape index (κ2) is 9.51. The van der Waals surface area contributed by atoms with Gasteiger partial charge in [0.25, 0.3) is 0 Å². The van der Waals surface area contributed by atoms with E-state index in [0.717, 1.165) is 0 Å². The standard InChI is InChI=1S/C5H9NO4.Na.H2Se.H/c6-3(5(9)10)1-2-4(7)8;;;/h3H,1-2,6H2,(H,7,8)(H,9,10);;1H2;. The van der Waals surface area contributed by atoms with Crippen molar-refractivity contribution >= 4 is 58.6 Å². The van der Waals surface area contributed by atoms with Gasteiger partial charge in [-0.2, -0.15) is 0 Å².